The van der Waals surface area contributed by atoms with Crippen molar-refractivity contribution in [3.63, 3.8) is 0 Å². The number of nitrogens with zero attached hydrogens (tertiary/aromatic N) is 2. The van der Waals surface area contributed by atoms with E-state index in [9.17, 15) is 24.1 Å². The molecule has 192 valence electrons. The van der Waals surface area contributed by atoms with Gasteiger partial charge in [0.2, 0.25) is 0 Å². The van der Waals surface area contributed by atoms with Gasteiger partial charge in [0.25, 0.3) is 5.69 Å². The van der Waals surface area contributed by atoms with Crippen LogP contribution in [0.5, 0.6) is 11.5 Å². The first-order valence-electron chi connectivity index (χ1n) is 11.2. The van der Waals surface area contributed by atoms with Crippen LogP contribution in [-0.4, -0.2) is 43.4 Å². The zero-order valence-corrected chi connectivity index (χ0v) is 20.1. The number of esters is 1. The third kappa shape index (κ3) is 5.01. The number of amides is 1. The molecular weight excluding hydrogens is 487 g/mol. The summed E-state index contributed by atoms with van der Waals surface area (Å²) in [6.45, 7) is 1.56. The van der Waals surface area contributed by atoms with Crippen LogP contribution in [0.4, 0.5) is 20.6 Å². The molecule has 11 heteroatoms. The zero-order valence-electron chi connectivity index (χ0n) is 20.1. The number of non-ortho nitro benzene ring substituents is 1. The van der Waals surface area contributed by atoms with Crippen molar-refractivity contribution in [2.45, 2.75) is 25.2 Å². The van der Waals surface area contributed by atoms with Gasteiger partial charge in [-0.2, -0.15) is 0 Å². The highest BCUT2D eigenvalue weighted by Gasteiger charge is 2.49. The monoisotopic (exact) mass is 510 g/mol. The fourth-order valence-electron chi connectivity index (χ4n) is 4.20. The maximum Gasteiger partial charge on any atom is 0.415 e. The molecule has 0 aliphatic carbocycles. The largest absolute Gasteiger partial charge is 0.493 e. The molecule has 0 saturated carbocycles. The van der Waals surface area contributed by atoms with Gasteiger partial charge in [0.15, 0.2) is 17.6 Å². The van der Waals surface area contributed by atoms with Gasteiger partial charge in [-0.25, -0.2) is 14.0 Å². The molecule has 1 aliphatic rings. The van der Waals surface area contributed by atoms with E-state index in [1.54, 1.807) is 25.1 Å². The number of ether oxygens (including phenoxy) is 4. The van der Waals surface area contributed by atoms with Gasteiger partial charge in [0.1, 0.15) is 18.0 Å². The Kier molecular flexibility index (Phi) is 7.23. The Balaban J connectivity index is 1.71. The summed E-state index contributed by atoms with van der Waals surface area (Å²) in [5.41, 5.74) is 0.792. The second-order valence-corrected chi connectivity index (χ2v) is 8.14. The minimum atomic E-state index is -0.999. The number of benzene rings is 3. The normalized spacial score (nSPS) is 17.6. The number of hydrogen-bond acceptors (Lipinski definition) is 8. The molecule has 0 aromatic heterocycles. The van der Waals surface area contributed by atoms with Crippen LogP contribution >= 0.6 is 0 Å². The van der Waals surface area contributed by atoms with Crippen LogP contribution in [-0.2, 0) is 9.47 Å². The lowest BCUT2D eigenvalue weighted by Gasteiger charge is -2.29. The van der Waals surface area contributed by atoms with E-state index < -0.39 is 41.1 Å². The Bertz CT molecular complexity index is 1310. The molecule has 4 rings (SSSR count). The predicted molar refractivity (Wildman–Crippen MR) is 129 cm³/mol. The van der Waals surface area contributed by atoms with Crippen LogP contribution in [0.25, 0.3) is 0 Å². The van der Waals surface area contributed by atoms with Crippen molar-refractivity contribution in [1.29, 1.82) is 0 Å². The molecule has 3 aromatic rings. The van der Waals surface area contributed by atoms with Gasteiger partial charge in [0.05, 0.1) is 24.7 Å². The number of carbonyl (C=O) groups is 2. The number of nitro benzene ring substituents is 1. The quantitative estimate of drug-likeness (QED) is 0.234. The number of anilines is 1. The Hall–Kier alpha value is -4.67. The molecule has 3 atom stereocenters. The van der Waals surface area contributed by atoms with Crippen LogP contribution in [0, 0.1) is 15.9 Å². The molecule has 3 aromatic carbocycles. The van der Waals surface area contributed by atoms with Gasteiger partial charge in [-0.05, 0) is 49.4 Å². The molecule has 10 nitrogen and oxygen atoms in total. The van der Waals surface area contributed by atoms with Crippen molar-refractivity contribution in [3.05, 3.63) is 93.8 Å². The van der Waals surface area contributed by atoms with Crippen molar-refractivity contribution < 1.29 is 37.9 Å². The van der Waals surface area contributed by atoms with E-state index in [-0.39, 0.29) is 11.3 Å². The van der Waals surface area contributed by atoms with Gasteiger partial charge in [-0.15, -0.1) is 0 Å². The summed E-state index contributed by atoms with van der Waals surface area (Å²) in [4.78, 5) is 37.6. The number of methoxy groups -OCH3 is 2. The summed E-state index contributed by atoms with van der Waals surface area (Å²) in [6, 6.07) is 14.5. The Labute approximate surface area is 211 Å². The smallest absolute Gasteiger partial charge is 0.415 e. The van der Waals surface area contributed by atoms with Crippen molar-refractivity contribution in [2.75, 3.05) is 19.1 Å². The molecular formula is C26H23FN2O8. The Morgan fingerprint density at radius 2 is 1.73 bits per heavy atom. The average Bonchev–Trinajstić information content (AvgIpc) is 3.25. The van der Waals surface area contributed by atoms with Crippen LogP contribution < -0.4 is 14.4 Å². The van der Waals surface area contributed by atoms with E-state index >= 15 is 0 Å². The molecule has 1 unspecified atom stereocenters. The molecule has 1 saturated heterocycles. The first-order chi connectivity index (χ1) is 17.7. The van der Waals surface area contributed by atoms with Crippen molar-refractivity contribution in [1.82, 2.24) is 0 Å². The number of rotatable bonds is 8. The maximum atomic E-state index is 13.6. The summed E-state index contributed by atoms with van der Waals surface area (Å²) >= 11 is 0. The molecule has 37 heavy (non-hydrogen) atoms. The van der Waals surface area contributed by atoms with Crippen molar-refractivity contribution in [3.8, 4) is 11.5 Å². The predicted octanol–water partition coefficient (Wildman–Crippen LogP) is 5.06. The highest BCUT2D eigenvalue weighted by Crippen LogP contribution is 2.45. The molecule has 0 bridgehead atoms. The van der Waals surface area contributed by atoms with Gasteiger partial charge >= 0.3 is 12.1 Å². The molecule has 0 radical (unpaired) electrons. The van der Waals surface area contributed by atoms with Gasteiger partial charge in [0, 0.05) is 23.4 Å². The average molecular weight is 510 g/mol. The summed E-state index contributed by atoms with van der Waals surface area (Å²) in [7, 11) is 2.93. The second-order valence-electron chi connectivity index (χ2n) is 8.14. The topological polar surface area (TPSA) is 117 Å². The van der Waals surface area contributed by atoms with E-state index in [1.165, 1.54) is 67.7 Å². The highest BCUT2D eigenvalue weighted by molar-refractivity contribution is 5.92. The third-order valence-corrected chi connectivity index (χ3v) is 5.95. The third-order valence-electron chi connectivity index (χ3n) is 5.95. The van der Waals surface area contributed by atoms with Crippen LogP contribution in [0.15, 0.2) is 66.7 Å². The van der Waals surface area contributed by atoms with Crippen molar-refractivity contribution >= 4 is 23.4 Å². The maximum absolute atomic E-state index is 13.6. The number of cyclic esters (lactones) is 1. The van der Waals surface area contributed by atoms with Crippen LogP contribution in [0.1, 0.15) is 28.9 Å². The Morgan fingerprint density at radius 1 is 1.05 bits per heavy atom. The summed E-state index contributed by atoms with van der Waals surface area (Å²) in [5, 5.41) is 10.9. The molecule has 0 spiro atoms. The van der Waals surface area contributed by atoms with E-state index in [0.29, 0.717) is 22.7 Å². The number of hydrogen-bond donors (Lipinski definition) is 0. The SMILES string of the molecule is COc1cccc([C@@H]2[C@@H](C(C)OC(=O)c3ccc([N+](=O)[O-])cc3)OC(=O)N2c2ccc(F)cc2)c1OC. The zero-order chi connectivity index (χ0) is 26.7. The lowest BCUT2D eigenvalue weighted by Crippen LogP contribution is -2.36. The minimum Gasteiger partial charge on any atom is -0.493 e. The molecule has 1 amide bonds. The van der Waals surface area contributed by atoms with E-state index in [4.69, 9.17) is 18.9 Å². The van der Waals surface area contributed by atoms with Crippen molar-refractivity contribution in [2.24, 2.45) is 0 Å². The Morgan fingerprint density at radius 3 is 2.32 bits per heavy atom. The van der Waals surface area contributed by atoms with E-state index in [1.807, 2.05) is 0 Å². The highest BCUT2D eigenvalue weighted by atomic mass is 19.1. The van der Waals surface area contributed by atoms with Gasteiger partial charge in [-0.1, -0.05) is 12.1 Å². The number of nitro groups is 1. The van der Waals surface area contributed by atoms with E-state index in [0.717, 1.165) is 0 Å². The molecule has 0 N–H and O–H groups in total. The lowest BCUT2D eigenvalue weighted by atomic mass is 9.95. The fourth-order valence-corrected chi connectivity index (χ4v) is 4.20. The first-order valence-corrected chi connectivity index (χ1v) is 11.2. The minimum absolute atomic E-state index is 0.0904. The summed E-state index contributed by atoms with van der Waals surface area (Å²) < 4.78 is 35.9. The van der Waals surface area contributed by atoms with Crippen LogP contribution in [0.3, 0.4) is 0 Å². The number of halogens is 1. The number of carbonyl (C=O) groups excluding carboxylic acids is 2. The lowest BCUT2D eigenvalue weighted by molar-refractivity contribution is -0.384. The van der Waals surface area contributed by atoms with Crippen LogP contribution in [0.2, 0.25) is 0 Å². The van der Waals surface area contributed by atoms with Gasteiger partial charge in [-0.3, -0.25) is 15.0 Å². The second kappa shape index (κ2) is 10.5. The van der Waals surface area contributed by atoms with E-state index in [2.05, 4.69) is 0 Å². The molecule has 1 fully saturated rings. The fraction of sp³-hybridized carbons (Fsp3) is 0.231. The summed E-state index contributed by atoms with van der Waals surface area (Å²) in [5.74, 6) is -0.476. The summed E-state index contributed by atoms with van der Waals surface area (Å²) in [6.07, 6.45) is -2.69. The van der Waals surface area contributed by atoms with Gasteiger partial charge < -0.3 is 18.9 Å². The number of para-hydroxylation sites is 1. The standard InChI is InChI=1S/C26H23FN2O8/c1-15(36-25(30)16-7-11-19(12-8-16)29(32)33)23-22(20-5-4-6-21(34-2)24(20)35-3)28(26(31)37-23)18-13-9-17(27)10-14-18/h4-15,22-23H,1-3H3/t15?,22-,23-/m1/s1. The molecule has 1 heterocycles. The molecule has 1 aliphatic heterocycles. The first kappa shape index (κ1) is 25.4.